The molecule has 0 aromatic rings. The van der Waals surface area contributed by atoms with Crippen LogP contribution in [0.3, 0.4) is 0 Å². The SMILES string of the molecule is O=C1OCC2C3C[CH]C(C3)C12. The van der Waals surface area contributed by atoms with Gasteiger partial charge >= 0.3 is 5.97 Å². The second-order valence-corrected chi connectivity index (χ2v) is 3.95. The van der Waals surface area contributed by atoms with Crippen molar-refractivity contribution < 1.29 is 9.53 Å². The molecule has 2 nitrogen and oxygen atoms in total. The van der Waals surface area contributed by atoms with E-state index in [4.69, 9.17) is 4.74 Å². The minimum absolute atomic E-state index is 0.0680. The highest BCUT2D eigenvalue weighted by Gasteiger charge is 2.55. The summed E-state index contributed by atoms with van der Waals surface area (Å²) in [6, 6.07) is 0. The highest BCUT2D eigenvalue weighted by molar-refractivity contribution is 5.76. The number of ether oxygens (including phenoxy) is 1. The maximum absolute atomic E-state index is 11.2. The van der Waals surface area contributed by atoms with Gasteiger partial charge in [-0.3, -0.25) is 4.79 Å². The molecule has 0 spiro atoms. The Morgan fingerprint density at radius 3 is 3.27 bits per heavy atom. The largest absolute Gasteiger partial charge is 0.465 e. The zero-order valence-corrected chi connectivity index (χ0v) is 6.32. The Morgan fingerprint density at radius 1 is 1.55 bits per heavy atom. The lowest BCUT2D eigenvalue weighted by Gasteiger charge is -2.18. The Balaban J connectivity index is 1.97. The van der Waals surface area contributed by atoms with E-state index in [0.717, 1.165) is 5.92 Å². The van der Waals surface area contributed by atoms with Crippen LogP contribution in [-0.2, 0) is 9.53 Å². The summed E-state index contributed by atoms with van der Waals surface area (Å²) in [7, 11) is 0. The summed E-state index contributed by atoms with van der Waals surface area (Å²) in [4.78, 5) is 11.2. The fourth-order valence-electron chi connectivity index (χ4n) is 3.01. The van der Waals surface area contributed by atoms with Crippen LogP contribution in [0.1, 0.15) is 12.8 Å². The molecule has 2 saturated carbocycles. The quantitative estimate of drug-likeness (QED) is 0.483. The zero-order chi connectivity index (χ0) is 7.42. The van der Waals surface area contributed by atoms with Crippen LogP contribution in [0.15, 0.2) is 0 Å². The van der Waals surface area contributed by atoms with Crippen LogP contribution in [0, 0.1) is 30.1 Å². The van der Waals surface area contributed by atoms with Gasteiger partial charge in [0.1, 0.15) is 0 Å². The molecule has 1 heterocycles. The van der Waals surface area contributed by atoms with Gasteiger partial charge in [0.15, 0.2) is 0 Å². The van der Waals surface area contributed by atoms with E-state index >= 15 is 0 Å². The lowest BCUT2D eigenvalue weighted by Crippen LogP contribution is -2.23. The summed E-state index contributed by atoms with van der Waals surface area (Å²) in [5.41, 5.74) is 0. The van der Waals surface area contributed by atoms with Gasteiger partial charge in [-0.15, -0.1) is 0 Å². The van der Waals surface area contributed by atoms with Gasteiger partial charge in [-0.05, 0) is 31.1 Å². The van der Waals surface area contributed by atoms with Crippen molar-refractivity contribution in [2.75, 3.05) is 6.61 Å². The van der Waals surface area contributed by atoms with E-state index in [1.807, 2.05) is 0 Å². The molecule has 4 atom stereocenters. The molecule has 0 amide bonds. The maximum atomic E-state index is 11.2. The van der Waals surface area contributed by atoms with E-state index in [-0.39, 0.29) is 11.9 Å². The number of esters is 1. The van der Waals surface area contributed by atoms with E-state index in [1.54, 1.807) is 0 Å². The van der Waals surface area contributed by atoms with Crippen molar-refractivity contribution in [1.29, 1.82) is 0 Å². The highest BCUT2D eigenvalue weighted by atomic mass is 16.5. The molecule has 2 heteroatoms. The first kappa shape index (κ1) is 6.04. The van der Waals surface area contributed by atoms with E-state index in [9.17, 15) is 4.79 Å². The predicted octanol–water partition coefficient (Wildman–Crippen LogP) is 1.02. The minimum atomic E-state index is 0.0680. The van der Waals surface area contributed by atoms with Crippen LogP contribution < -0.4 is 0 Å². The Bertz CT molecular complexity index is 212. The highest BCUT2D eigenvalue weighted by Crippen LogP contribution is 2.54. The normalized spacial score (nSPS) is 52.9. The third kappa shape index (κ3) is 0.608. The molecule has 3 rings (SSSR count). The van der Waals surface area contributed by atoms with E-state index in [1.165, 1.54) is 12.8 Å². The number of hydrogen-bond donors (Lipinski definition) is 0. The molecule has 59 valence electrons. The summed E-state index contributed by atoms with van der Waals surface area (Å²) in [6.07, 6.45) is 4.80. The molecule has 1 saturated heterocycles. The number of cyclic esters (lactones) is 1. The number of rotatable bonds is 0. The van der Waals surface area contributed by atoms with Crippen LogP contribution in [0.25, 0.3) is 0 Å². The second kappa shape index (κ2) is 1.79. The first-order valence-corrected chi connectivity index (χ1v) is 4.36. The van der Waals surface area contributed by atoms with Crippen LogP contribution in [0.5, 0.6) is 0 Å². The Hall–Kier alpha value is -0.530. The molecular formula is C9H11O2. The molecule has 0 aromatic carbocycles. The fraction of sp³-hybridized carbons (Fsp3) is 0.778. The minimum Gasteiger partial charge on any atom is -0.465 e. The van der Waals surface area contributed by atoms with Gasteiger partial charge in [-0.1, -0.05) is 0 Å². The van der Waals surface area contributed by atoms with Gasteiger partial charge in [0.25, 0.3) is 0 Å². The van der Waals surface area contributed by atoms with Crippen molar-refractivity contribution in [3.05, 3.63) is 6.42 Å². The molecule has 11 heavy (non-hydrogen) atoms. The molecule has 1 radical (unpaired) electrons. The maximum Gasteiger partial charge on any atom is 0.309 e. The number of hydrogen-bond acceptors (Lipinski definition) is 2. The average Bonchev–Trinajstić information content (AvgIpc) is 2.60. The van der Waals surface area contributed by atoms with Gasteiger partial charge in [-0.2, -0.15) is 0 Å². The predicted molar refractivity (Wildman–Crippen MR) is 38.5 cm³/mol. The molecule has 0 aromatic heterocycles. The van der Waals surface area contributed by atoms with Crippen molar-refractivity contribution in [3.8, 4) is 0 Å². The van der Waals surface area contributed by atoms with E-state index in [2.05, 4.69) is 6.42 Å². The fourth-order valence-corrected chi connectivity index (χ4v) is 3.01. The Morgan fingerprint density at radius 2 is 2.45 bits per heavy atom. The summed E-state index contributed by atoms with van der Waals surface area (Å²) in [5, 5.41) is 0. The lowest BCUT2D eigenvalue weighted by molar-refractivity contribution is -0.142. The molecule has 2 aliphatic carbocycles. The third-order valence-electron chi connectivity index (χ3n) is 3.53. The van der Waals surface area contributed by atoms with Crippen molar-refractivity contribution in [1.82, 2.24) is 0 Å². The van der Waals surface area contributed by atoms with E-state index < -0.39 is 0 Å². The first-order chi connectivity index (χ1) is 5.36. The summed E-state index contributed by atoms with van der Waals surface area (Å²) in [5.74, 6) is 2.25. The van der Waals surface area contributed by atoms with Crippen molar-refractivity contribution in [2.24, 2.45) is 23.7 Å². The molecule has 4 unspecified atom stereocenters. The molecular weight excluding hydrogens is 140 g/mol. The smallest absolute Gasteiger partial charge is 0.309 e. The van der Waals surface area contributed by atoms with Gasteiger partial charge < -0.3 is 4.74 Å². The zero-order valence-electron chi connectivity index (χ0n) is 6.32. The van der Waals surface area contributed by atoms with Crippen molar-refractivity contribution in [3.63, 3.8) is 0 Å². The van der Waals surface area contributed by atoms with Crippen LogP contribution in [0.4, 0.5) is 0 Å². The Labute approximate surface area is 65.9 Å². The molecule has 1 aliphatic heterocycles. The monoisotopic (exact) mass is 151 g/mol. The second-order valence-electron chi connectivity index (χ2n) is 3.95. The summed E-state index contributed by atoms with van der Waals surface area (Å²) in [6.45, 7) is 0.707. The molecule has 3 fully saturated rings. The molecule has 0 N–H and O–H groups in total. The molecule has 2 bridgehead atoms. The van der Waals surface area contributed by atoms with Crippen LogP contribution >= 0.6 is 0 Å². The van der Waals surface area contributed by atoms with Crippen molar-refractivity contribution in [2.45, 2.75) is 12.8 Å². The van der Waals surface area contributed by atoms with Gasteiger partial charge in [-0.25, -0.2) is 0 Å². The van der Waals surface area contributed by atoms with Gasteiger partial charge in [0.05, 0.1) is 12.5 Å². The van der Waals surface area contributed by atoms with Crippen LogP contribution in [0.2, 0.25) is 0 Å². The van der Waals surface area contributed by atoms with Crippen LogP contribution in [-0.4, -0.2) is 12.6 Å². The van der Waals surface area contributed by atoms with E-state index in [0.29, 0.717) is 18.4 Å². The number of carbonyl (C=O) groups is 1. The average molecular weight is 151 g/mol. The Kier molecular flexibility index (Phi) is 0.984. The summed E-state index contributed by atoms with van der Waals surface area (Å²) >= 11 is 0. The third-order valence-corrected chi connectivity index (χ3v) is 3.53. The number of fused-ring (bicyclic) bond motifs is 5. The lowest BCUT2D eigenvalue weighted by atomic mass is 9.81. The molecule has 3 aliphatic rings. The summed E-state index contributed by atoms with van der Waals surface area (Å²) < 4.78 is 5.04. The first-order valence-electron chi connectivity index (χ1n) is 4.36. The van der Waals surface area contributed by atoms with Crippen molar-refractivity contribution >= 4 is 5.97 Å². The van der Waals surface area contributed by atoms with Gasteiger partial charge in [0, 0.05) is 5.92 Å². The standard InChI is InChI=1S/C9H11O2/c10-9-8-6-2-1-5(3-6)7(8)4-11-9/h2,5-8H,1,3-4H2. The van der Waals surface area contributed by atoms with Gasteiger partial charge in [0.2, 0.25) is 0 Å². The topological polar surface area (TPSA) is 26.3 Å². The number of carbonyl (C=O) groups excluding carboxylic acids is 1.